The van der Waals surface area contributed by atoms with Gasteiger partial charge in [0.05, 0.1) is 0 Å². The Morgan fingerprint density at radius 2 is 2.07 bits per heavy atom. The van der Waals surface area contributed by atoms with Gasteiger partial charge >= 0.3 is 10.4 Å². The monoisotopic (exact) mass is 213 g/mol. The van der Waals surface area contributed by atoms with E-state index in [0.29, 0.717) is 5.39 Å². The highest BCUT2D eigenvalue weighted by atomic mass is 32.3. The maximum absolute atomic E-state index is 10.5. The molecule has 0 amide bonds. The number of aromatic amines is 1. The molecule has 0 atom stereocenters. The van der Waals surface area contributed by atoms with Crippen LogP contribution in [-0.2, 0) is 10.4 Å². The number of fused-ring (bicyclic) bond motifs is 1. The number of aromatic nitrogens is 1. The van der Waals surface area contributed by atoms with E-state index in [4.69, 9.17) is 4.55 Å². The Kier molecular flexibility index (Phi) is 1.94. The van der Waals surface area contributed by atoms with Gasteiger partial charge in [-0.2, -0.15) is 8.42 Å². The Morgan fingerprint density at radius 1 is 1.29 bits per heavy atom. The first-order valence-electron chi connectivity index (χ1n) is 3.79. The molecule has 0 aliphatic rings. The summed E-state index contributed by atoms with van der Waals surface area (Å²) in [6.07, 6.45) is 1.65. The van der Waals surface area contributed by atoms with Crippen LogP contribution in [0.1, 0.15) is 0 Å². The first kappa shape index (κ1) is 9.04. The minimum atomic E-state index is -4.46. The zero-order valence-corrected chi connectivity index (χ0v) is 7.78. The minimum absolute atomic E-state index is 0.103. The summed E-state index contributed by atoms with van der Waals surface area (Å²) in [7, 11) is -4.46. The van der Waals surface area contributed by atoms with Gasteiger partial charge in [0.1, 0.15) is 0 Å². The van der Waals surface area contributed by atoms with Crippen molar-refractivity contribution in [3.8, 4) is 5.75 Å². The molecule has 1 aromatic carbocycles. The average molecular weight is 213 g/mol. The van der Waals surface area contributed by atoms with E-state index in [9.17, 15) is 8.42 Å². The van der Waals surface area contributed by atoms with E-state index in [-0.39, 0.29) is 5.75 Å². The van der Waals surface area contributed by atoms with Crippen molar-refractivity contribution in [2.75, 3.05) is 0 Å². The highest BCUT2D eigenvalue weighted by Crippen LogP contribution is 2.25. The average Bonchev–Trinajstić information content (AvgIpc) is 2.49. The maximum Gasteiger partial charge on any atom is 0.446 e. The van der Waals surface area contributed by atoms with Gasteiger partial charge in [-0.05, 0) is 18.2 Å². The largest absolute Gasteiger partial charge is 0.446 e. The molecule has 0 fully saturated rings. The first-order valence-corrected chi connectivity index (χ1v) is 5.16. The second kappa shape index (κ2) is 3.00. The third kappa shape index (κ3) is 1.70. The van der Waals surface area contributed by atoms with Crippen molar-refractivity contribution in [3.63, 3.8) is 0 Å². The molecule has 5 nitrogen and oxygen atoms in total. The summed E-state index contributed by atoms with van der Waals surface area (Å²) in [6, 6.07) is 6.52. The van der Waals surface area contributed by atoms with Crippen molar-refractivity contribution in [2.24, 2.45) is 0 Å². The zero-order valence-electron chi connectivity index (χ0n) is 6.97. The quantitative estimate of drug-likeness (QED) is 0.738. The summed E-state index contributed by atoms with van der Waals surface area (Å²) in [5.74, 6) is 0.103. The SMILES string of the molecule is O=S(=O)(O)Oc1cccc2[nH]ccc12. The van der Waals surface area contributed by atoms with Gasteiger partial charge < -0.3 is 9.17 Å². The third-order valence-electron chi connectivity index (χ3n) is 1.75. The molecule has 0 spiro atoms. The summed E-state index contributed by atoms with van der Waals surface area (Å²) >= 11 is 0. The lowest BCUT2D eigenvalue weighted by Crippen LogP contribution is -2.06. The molecule has 6 heteroatoms. The zero-order chi connectivity index (χ0) is 10.2. The molecule has 0 unspecified atom stereocenters. The molecule has 0 aliphatic heterocycles. The Balaban J connectivity index is 2.57. The molecular weight excluding hydrogens is 206 g/mol. The number of H-pyrrole nitrogens is 1. The van der Waals surface area contributed by atoms with Crippen LogP contribution < -0.4 is 4.18 Å². The second-order valence-corrected chi connectivity index (χ2v) is 3.73. The van der Waals surface area contributed by atoms with E-state index < -0.39 is 10.4 Å². The molecule has 0 saturated carbocycles. The molecule has 2 N–H and O–H groups in total. The summed E-state index contributed by atoms with van der Waals surface area (Å²) in [6.45, 7) is 0. The molecule has 74 valence electrons. The lowest BCUT2D eigenvalue weighted by molar-refractivity contribution is 0.388. The fraction of sp³-hybridized carbons (Fsp3) is 0. The van der Waals surface area contributed by atoms with Crippen molar-refractivity contribution in [3.05, 3.63) is 30.5 Å². The number of nitrogens with one attached hydrogen (secondary N) is 1. The Bertz CT molecular complexity index is 557. The van der Waals surface area contributed by atoms with Crippen molar-refractivity contribution >= 4 is 21.3 Å². The summed E-state index contributed by atoms with van der Waals surface area (Å²) in [4.78, 5) is 2.89. The van der Waals surface area contributed by atoms with Crippen LogP contribution in [0.2, 0.25) is 0 Å². The topological polar surface area (TPSA) is 79.4 Å². The van der Waals surface area contributed by atoms with Crippen molar-refractivity contribution in [1.82, 2.24) is 4.98 Å². The van der Waals surface area contributed by atoms with Crippen molar-refractivity contribution < 1.29 is 17.2 Å². The standard InChI is InChI=1S/C8H7NO4S/c10-14(11,12)13-8-3-1-2-7-6(8)4-5-9-7/h1-5,9H,(H,10,11,12). The van der Waals surface area contributed by atoms with Gasteiger partial charge in [0, 0.05) is 17.1 Å². The number of hydrogen-bond acceptors (Lipinski definition) is 3. The molecule has 0 bridgehead atoms. The Labute approximate surface area is 80.3 Å². The second-order valence-electron chi connectivity index (χ2n) is 2.71. The smallest absolute Gasteiger partial charge is 0.361 e. The molecule has 0 radical (unpaired) electrons. The molecule has 2 aromatic rings. The van der Waals surface area contributed by atoms with E-state index in [1.807, 2.05) is 0 Å². The van der Waals surface area contributed by atoms with Gasteiger partial charge in [-0.3, -0.25) is 4.55 Å². The van der Waals surface area contributed by atoms with Crippen LogP contribution in [0.4, 0.5) is 0 Å². The molecular formula is C8H7NO4S. The predicted octanol–water partition coefficient (Wildman–Crippen LogP) is 1.35. The van der Waals surface area contributed by atoms with Crippen LogP contribution >= 0.6 is 0 Å². The van der Waals surface area contributed by atoms with Crippen LogP contribution in [0.15, 0.2) is 30.5 Å². The summed E-state index contributed by atoms with van der Waals surface area (Å²) < 4.78 is 33.9. The van der Waals surface area contributed by atoms with Gasteiger partial charge in [-0.1, -0.05) is 6.07 Å². The van der Waals surface area contributed by atoms with E-state index in [0.717, 1.165) is 5.52 Å². The van der Waals surface area contributed by atoms with Crippen LogP contribution in [0.5, 0.6) is 5.75 Å². The fourth-order valence-electron chi connectivity index (χ4n) is 1.24. The number of rotatable bonds is 2. The minimum Gasteiger partial charge on any atom is -0.361 e. The van der Waals surface area contributed by atoms with Gasteiger partial charge in [0.25, 0.3) is 0 Å². The lowest BCUT2D eigenvalue weighted by Gasteiger charge is -2.01. The van der Waals surface area contributed by atoms with Crippen LogP contribution in [0.25, 0.3) is 10.9 Å². The first-order chi connectivity index (χ1) is 6.56. The van der Waals surface area contributed by atoms with Gasteiger partial charge in [-0.15, -0.1) is 0 Å². The molecule has 2 rings (SSSR count). The van der Waals surface area contributed by atoms with Gasteiger partial charge in [-0.25, -0.2) is 0 Å². The predicted molar refractivity (Wildman–Crippen MR) is 50.5 cm³/mol. The number of benzene rings is 1. The summed E-state index contributed by atoms with van der Waals surface area (Å²) in [5, 5.41) is 0.602. The highest BCUT2D eigenvalue weighted by Gasteiger charge is 2.10. The van der Waals surface area contributed by atoms with Crippen LogP contribution in [-0.4, -0.2) is 18.0 Å². The van der Waals surface area contributed by atoms with Gasteiger partial charge in [0.15, 0.2) is 5.75 Å². The van der Waals surface area contributed by atoms with E-state index in [2.05, 4.69) is 9.17 Å². The van der Waals surface area contributed by atoms with Crippen molar-refractivity contribution in [2.45, 2.75) is 0 Å². The van der Waals surface area contributed by atoms with E-state index in [1.165, 1.54) is 6.07 Å². The van der Waals surface area contributed by atoms with Crippen LogP contribution in [0, 0.1) is 0 Å². The fourth-order valence-corrected chi connectivity index (χ4v) is 1.61. The van der Waals surface area contributed by atoms with Crippen LogP contribution in [0.3, 0.4) is 0 Å². The van der Waals surface area contributed by atoms with Gasteiger partial charge in [0.2, 0.25) is 0 Å². The Hall–Kier alpha value is -1.53. The van der Waals surface area contributed by atoms with E-state index >= 15 is 0 Å². The molecule has 1 aromatic heterocycles. The molecule has 14 heavy (non-hydrogen) atoms. The normalized spacial score (nSPS) is 11.8. The maximum atomic E-state index is 10.5. The highest BCUT2D eigenvalue weighted by molar-refractivity contribution is 7.81. The molecule has 1 heterocycles. The third-order valence-corrected chi connectivity index (χ3v) is 2.14. The lowest BCUT2D eigenvalue weighted by atomic mass is 10.2. The molecule has 0 aliphatic carbocycles. The molecule has 0 saturated heterocycles. The number of hydrogen-bond donors (Lipinski definition) is 2. The Morgan fingerprint density at radius 3 is 2.79 bits per heavy atom. The van der Waals surface area contributed by atoms with E-state index in [1.54, 1.807) is 24.4 Å². The van der Waals surface area contributed by atoms with Crippen molar-refractivity contribution in [1.29, 1.82) is 0 Å². The summed E-state index contributed by atoms with van der Waals surface area (Å²) in [5.41, 5.74) is 0.742.